The van der Waals surface area contributed by atoms with Crippen molar-refractivity contribution in [3.8, 4) is 11.1 Å². The Morgan fingerprint density at radius 1 is 0.938 bits per heavy atom. The fraction of sp³-hybridized carbons (Fsp3) is 0.259. The van der Waals surface area contributed by atoms with Crippen molar-refractivity contribution < 1.29 is 19.4 Å². The van der Waals surface area contributed by atoms with Gasteiger partial charge in [-0.05, 0) is 51.8 Å². The Labute approximate surface area is 187 Å². The molecule has 0 fully saturated rings. The summed E-state index contributed by atoms with van der Waals surface area (Å²) in [7, 11) is 0. The lowest BCUT2D eigenvalue weighted by molar-refractivity contribution is -0.136. The fourth-order valence-corrected chi connectivity index (χ4v) is 4.86. The molecule has 0 saturated heterocycles. The van der Waals surface area contributed by atoms with Crippen LogP contribution in [0.1, 0.15) is 40.2 Å². The summed E-state index contributed by atoms with van der Waals surface area (Å²) in [4.78, 5) is 25.5. The largest absolute Gasteiger partial charge is 0.481 e. The molecule has 1 N–H and O–H groups in total. The molecule has 0 unspecified atom stereocenters. The number of carboxylic acid groups (broad SMARTS) is 1. The molecule has 0 spiro atoms. The van der Waals surface area contributed by atoms with Gasteiger partial charge in [-0.2, -0.15) is 0 Å². The van der Waals surface area contributed by atoms with Crippen molar-refractivity contribution >= 4 is 12.1 Å². The number of rotatable bonds is 5. The van der Waals surface area contributed by atoms with E-state index in [1.54, 1.807) is 4.90 Å². The lowest BCUT2D eigenvalue weighted by Crippen LogP contribution is -2.37. The molecule has 5 rings (SSSR count). The van der Waals surface area contributed by atoms with E-state index in [0.29, 0.717) is 26.1 Å². The van der Waals surface area contributed by atoms with Crippen LogP contribution < -0.4 is 0 Å². The Morgan fingerprint density at radius 3 is 2.31 bits per heavy atom. The van der Waals surface area contributed by atoms with Gasteiger partial charge in [-0.1, -0.05) is 66.7 Å². The van der Waals surface area contributed by atoms with E-state index >= 15 is 0 Å². The molecule has 0 bridgehead atoms. The van der Waals surface area contributed by atoms with Crippen molar-refractivity contribution in [2.24, 2.45) is 0 Å². The molecule has 1 aliphatic carbocycles. The van der Waals surface area contributed by atoms with Crippen LogP contribution in [-0.2, 0) is 28.9 Å². The minimum atomic E-state index is -0.803. The maximum Gasteiger partial charge on any atom is 0.410 e. The van der Waals surface area contributed by atoms with Crippen molar-refractivity contribution in [1.82, 2.24) is 4.90 Å². The average molecular weight is 428 g/mol. The van der Waals surface area contributed by atoms with Crippen molar-refractivity contribution in [2.75, 3.05) is 13.2 Å². The Hall–Kier alpha value is -3.60. The van der Waals surface area contributed by atoms with Crippen LogP contribution in [0.15, 0.2) is 66.7 Å². The lowest BCUT2D eigenvalue weighted by atomic mass is 9.96. The zero-order chi connectivity index (χ0) is 22.1. The molecule has 1 heterocycles. The number of fused-ring (bicyclic) bond motifs is 4. The van der Waals surface area contributed by atoms with Gasteiger partial charge in [0.25, 0.3) is 0 Å². The van der Waals surface area contributed by atoms with E-state index < -0.39 is 5.97 Å². The number of carboxylic acids is 1. The quantitative estimate of drug-likeness (QED) is 0.622. The first-order chi connectivity index (χ1) is 15.6. The molecule has 5 heteroatoms. The summed E-state index contributed by atoms with van der Waals surface area (Å²) in [6.07, 6.45) is 1.08. The van der Waals surface area contributed by atoms with Gasteiger partial charge in [-0.25, -0.2) is 4.79 Å². The van der Waals surface area contributed by atoms with E-state index in [2.05, 4.69) is 30.3 Å². The smallest absolute Gasteiger partial charge is 0.410 e. The highest BCUT2D eigenvalue weighted by Crippen LogP contribution is 2.44. The normalized spacial score (nSPS) is 14.4. The van der Waals surface area contributed by atoms with Crippen LogP contribution in [0.4, 0.5) is 4.79 Å². The fourth-order valence-electron chi connectivity index (χ4n) is 4.86. The van der Waals surface area contributed by atoms with Crippen molar-refractivity contribution in [1.29, 1.82) is 0 Å². The molecule has 0 saturated carbocycles. The summed E-state index contributed by atoms with van der Waals surface area (Å²) in [5.41, 5.74) is 8.11. The molecule has 5 nitrogen and oxygen atoms in total. The third kappa shape index (κ3) is 3.86. The summed E-state index contributed by atoms with van der Waals surface area (Å²) in [6, 6.07) is 22.7. The first kappa shape index (κ1) is 20.3. The van der Waals surface area contributed by atoms with Crippen molar-refractivity contribution in [3.05, 3.63) is 94.5 Å². The highest BCUT2D eigenvalue weighted by molar-refractivity contribution is 5.79. The first-order valence-corrected chi connectivity index (χ1v) is 11.0. The lowest BCUT2D eigenvalue weighted by Gasteiger charge is -2.29. The number of hydrogen-bond acceptors (Lipinski definition) is 3. The van der Waals surface area contributed by atoms with Gasteiger partial charge in [0.2, 0.25) is 0 Å². The zero-order valence-corrected chi connectivity index (χ0v) is 17.8. The number of hydrogen-bond donors (Lipinski definition) is 1. The molecule has 3 aromatic carbocycles. The summed E-state index contributed by atoms with van der Waals surface area (Å²) in [5, 5.41) is 8.93. The molecule has 0 radical (unpaired) electrons. The number of amides is 1. The molecule has 0 atom stereocenters. The van der Waals surface area contributed by atoms with Gasteiger partial charge in [-0.3, -0.25) is 4.79 Å². The highest BCUT2D eigenvalue weighted by atomic mass is 16.6. The Bertz CT molecular complexity index is 1140. The molecular formula is C27H25NO4. The van der Waals surface area contributed by atoms with E-state index in [9.17, 15) is 9.59 Å². The zero-order valence-electron chi connectivity index (χ0n) is 17.8. The van der Waals surface area contributed by atoms with Crippen LogP contribution in [0.25, 0.3) is 11.1 Å². The van der Waals surface area contributed by atoms with E-state index in [1.807, 2.05) is 36.4 Å². The minimum absolute atomic E-state index is 0.0473. The van der Waals surface area contributed by atoms with Gasteiger partial charge in [0.05, 0.1) is 0 Å². The number of carbonyl (C=O) groups excluding carboxylic acids is 1. The molecule has 162 valence electrons. The maximum atomic E-state index is 12.9. The minimum Gasteiger partial charge on any atom is -0.481 e. The second kappa shape index (κ2) is 8.50. The predicted molar refractivity (Wildman–Crippen MR) is 122 cm³/mol. The highest BCUT2D eigenvalue weighted by Gasteiger charge is 2.30. The second-order valence-electron chi connectivity index (χ2n) is 8.47. The third-order valence-corrected chi connectivity index (χ3v) is 6.50. The monoisotopic (exact) mass is 427 g/mol. The SMILES string of the molecule is O=C(O)CCc1ccc2c(c1)CN(C(=O)OCC1c3ccccc3-c3ccccc31)CC2. The Balaban J connectivity index is 1.27. The van der Waals surface area contributed by atoms with Crippen LogP contribution in [0.5, 0.6) is 0 Å². The summed E-state index contributed by atoms with van der Waals surface area (Å²) >= 11 is 0. The number of ether oxygens (including phenoxy) is 1. The van der Waals surface area contributed by atoms with Gasteiger partial charge in [-0.15, -0.1) is 0 Å². The van der Waals surface area contributed by atoms with Crippen molar-refractivity contribution in [2.45, 2.75) is 31.7 Å². The van der Waals surface area contributed by atoms with Gasteiger partial charge in [0.1, 0.15) is 6.61 Å². The van der Waals surface area contributed by atoms with Gasteiger partial charge in [0.15, 0.2) is 0 Å². The van der Waals surface area contributed by atoms with Crippen LogP contribution in [-0.4, -0.2) is 35.2 Å². The van der Waals surface area contributed by atoms with E-state index in [0.717, 1.165) is 17.5 Å². The van der Waals surface area contributed by atoms with Gasteiger partial charge in [0, 0.05) is 25.4 Å². The van der Waals surface area contributed by atoms with Crippen LogP contribution >= 0.6 is 0 Å². The first-order valence-electron chi connectivity index (χ1n) is 11.0. The van der Waals surface area contributed by atoms with Crippen LogP contribution in [0, 0.1) is 0 Å². The number of benzene rings is 3. The van der Waals surface area contributed by atoms with E-state index in [4.69, 9.17) is 9.84 Å². The third-order valence-electron chi connectivity index (χ3n) is 6.50. The molecule has 1 amide bonds. The van der Waals surface area contributed by atoms with Crippen LogP contribution in [0.2, 0.25) is 0 Å². The second-order valence-corrected chi connectivity index (χ2v) is 8.47. The van der Waals surface area contributed by atoms with Gasteiger partial charge >= 0.3 is 12.1 Å². The average Bonchev–Trinajstić information content (AvgIpc) is 3.14. The molecule has 32 heavy (non-hydrogen) atoms. The Kier molecular flexibility index (Phi) is 5.39. The molecule has 0 aromatic heterocycles. The molecule has 2 aliphatic rings. The summed E-state index contributed by atoms with van der Waals surface area (Å²) in [5.74, 6) is -0.756. The molecule has 3 aromatic rings. The molecular weight excluding hydrogens is 402 g/mol. The topological polar surface area (TPSA) is 66.8 Å². The predicted octanol–water partition coefficient (Wildman–Crippen LogP) is 5.01. The standard InChI is InChI=1S/C27H25NO4/c29-26(30)12-10-18-9-11-19-13-14-28(16-20(19)15-18)27(31)32-17-25-23-7-3-1-5-21(23)22-6-2-4-8-24(22)25/h1-9,11,15,25H,10,12-14,16-17H2,(H,29,30). The maximum absolute atomic E-state index is 12.9. The number of nitrogens with zero attached hydrogens (tertiary/aromatic N) is 1. The van der Waals surface area contributed by atoms with E-state index in [-0.39, 0.29) is 18.4 Å². The number of aryl methyl sites for hydroxylation is 1. The Morgan fingerprint density at radius 2 is 1.62 bits per heavy atom. The molecule has 1 aliphatic heterocycles. The van der Waals surface area contributed by atoms with Gasteiger partial charge < -0.3 is 14.7 Å². The van der Waals surface area contributed by atoms with Crippen molar-refractivity contribution in [3.63, 3.8) is 0 Å². The summed E-state index contributed by atoms with van der Waals surface area (Å²) in [6.45, 7) is 1.43. The number of carbonyl (C=O) groups is 2. The summed E-state index contributed by atoms with van der Waals surface area (Å²) < 4.78 is 5.81. The number of aliphatic carboxylic acids is 1. The van der Waals surface area contributed by atoms with Crippen LogP contribution in [0.3, 0.4) is 0 Å². The van der Waals surface area contributed by atoms with E-state index in [1.165, 1.54) is 27.8 Å².